The SMILES string of the molecule is CCNS(=O)(=O)CCNC1CC(c2cccc(C)c2)C1. The van der Waals surface area contributed by atoms with E-state index in [9.17, 15) is 8.42 Å². The first-order valence-electron chi connectivity index (χ1n) is 7.27. The highest BCUT2D eigenvalue weighted by Crippen LogP contribution is 2.36. The van der Waals surface area contributed by atoms with Crippen LogP contribution in [-0.4, -0.2) is 33.3 Å². The van der Waals surface area contributed by atoms with Gasteiger partial charge in [0.1, 0.15) is 0 Å². The second-order valence-corrected chi connectivity index (χ2v) is 7.48. The van der Waals surface area contributed by atoms with Gasteiger partial charge in [0.25, 0.3) is 0 Å². The standard InChI is InChI=1S/C15H24N2O2S/c1-3-17-20(18,19)8-7-16-15-10-14(11-15)13-6-4-5-12(2)9-13/h4-6,9,14-17H,3,7-8,10-11H2,1-2H3. The molecule has 20 heavy (non-hydrogen) atoms. The fraction of sp³-hybridized carbons (Fsp3) is 0.600. The number of nitrogens with one attached hydrogen (secondary N) is 2. The van der Waals surface area contributed by atoms with Crippen LogP contribution in [-0.2, 0) is 10.0 Å². The molecule has 0 unspecified atom stereocenters. The first-order chi connectivity index (χ1) is 9.50. The molecule has 5 heteroatoms. The molecular weight excluding hydrogens is 272 g/mol. The highest BCUT2D eigenvalue weighted by molar-refractivity contribution is 7.89. The average molecular weight is 296 g/mol. The van der Waals surface area contributed by atoms with Crippen LogP contribution in [0, 0.1) is 6.92 Å². The van der Waals surface area contributed by atoms with Crippen LogP contribution in [0.2, 0.25) is 0 Å². The Kier molecular flexibility index (Phi) is 5.18. The normalized spacial score (nSPS) is 22.5. The Hall–Kier alpha value is -0.910. The summed E-state index contributed by atoms with van der Waals surface area (Å²) >= 11 is 0. The summed E-state index contributed by atoms with van der Waals surface area (Å²) in [5.41, 5.74) is 2.71. The van der Waals surface area contributed by atoms with Crippen molar-refractivity contribution < 1.29 is 8.42 Å². The zero-order valence-corrected chi connectivity index (χ0v) is 13.0. The number of hydrogen-bond acceptors (Lipinski definition) is 3. The van der Waals surface area contributed by atoms with Crippen LogP contribution in [0.1, 0.15) is 36.8 Å². The van der Waals surface area contributed by atoms with Gasteiger partial charge in [-0.3, -0.25) is 0 Å². The molecule has 0 radical (unpaired) electrons. The van der Waals surface area contributed by atoms with Gasteiger partial charge >= 0.3 is 0 Å². The largest absolute Gasteiger partial charge is 0.313 e. The van der Waals surface area contributed by atoms with Crippen LogP contribution in [0.5, 0.6) is 0 Å². The van der Waals surface area contributed by atoms with Crippen LogP contribution in [0.25, 0.3) is 0 Å². The van der Waals surface area contributed by atoms with Crippen molar-refractivity contribution in [1.82, 2.24) is 10.0 Å². The summed E-state index contributed by atoms with van der Waals surface area (Å²) in [6.45, 7) is 4.90. The molecule has 2 rings (SSSR count). The van der Waals surface area contributed by atoms with Crippen LogP contribution in [0.4, 0.5) is 0 Å². The van der Waals surface area contributed by atoms with Gasteiger partial charge in [-0.15, -0.1) is 0 Å². The predicted molar refractivity (Wildman–Crippen MR) is 82.4 cm³/mol. The summed E-state index contributed by atoms with van der Waals surface area (Å²) in [5.74, 6) is 0.782. The van der Waals surface area contributed by atoms with E-state index in [1.54, 1.807) is 6.92 Å². The summed E-state index contributed by atoms with van der Waals surface area (Å²) in [6, 6.07) is 9.11. The van der Waals surface area contributed by atoms with Gasteiger partial charge in [-0.1, -0.05) is 36.8 Å². The molecule has 112 valence electrons. The van der Waals surface area contributed by atoms with E-state index in [2.05, 4.69) is 41.2 Å². The molecule has 1 aliphatic carbocycles. The maximum absolute atomic E-state index is 11.5. The average Bonchev–Trinajstić information content (AvgIpc) is 2.31. The molecule has 0 bridgehead atoms. The van der Waals surface area contributed by atoms with Crippen LogP contribution in [0.3, 0.4) is 0 Å². The number of hydrogen-bond donors (Lipinski definition) is 2. The van der Waals surface area contributed by atoms with Gasteiger partial charge in [0.2, 0.25) is 10.0 Å². The minimum atomic E-state index is -3.10. The summed E-state index contributed by atoms with van der Waals surface area (Å²) < 4.78 is 25.5. The van der Waals surface area contributed by atoms with E-state index in [0.29, 0.717) is 25.0 Å². The molecule has 1 aliphatic rings. The van der Waals surface area contributed by atoms with Crippen molar-refractivity contribution in [2.45, 2.75) is 38.6 Å². The second-order valence-electron chi connectivity index (χ2n) is 5.55. The Bertz CT molecular complexity index is 537. The van der Waals surface area contributed by atoms with E-state index >= 15 is 0 Å². The third-order valence-electron chi connectivity index (χ3n) is 3.82. The first kappa shape index (κ1) is 15.5. The number of aryl methyl sites for hydroxylation is 1. The van der Waals surface area contributed by atoms with Gasteiger partial charge in [0.15, 0.2) is 0 Å². The highest BCUT2D eigenvalue weighted by atomic mass is 32.2. The van der Waals surface area contributed by atoms with Gasteiger partial charge in [-0.25, -0.2) is 13.1 Å². The number of sulfonamides is 1. The van der Waals surface area contributed by atoms with Crippen LogP contribution < -0.4 is 10.0 Å². The summed E-state index contributed by atoms with van der Waals surface area (Å²) in [6.07, 6.45) is 2.20. The zero-order valence-electron chi connectivity index (χ0n) is 12.2. The fourth-order valence-electron chi connectivity index (χ4n) is 2.67. The van der Waals surface area contributed by atoms with Crippen LogP contribution >= 0.6 is 0 Å². The van der Waals surface area contributed by atoms with E-state index in [1.807, 2.05) is 0 Å². The molecular formula is C15H24N2O2S. The maximum atomic E-state index is 11.5. The van der Waals surface area contributed by atoms with E-state index in [4.69, 9.17) is 0 Å². The minimum absolute atomic E-state index is 0.159. The zero-order chi connectivity index (χ0) is 14.6. The minimum Gasteiger partial charge on any atom is -0.313 e. The van der Waals surface area contributed by atoms with Gasteiger partial charge in [-0.2, -0.15) is 0 Å². The lowest BCUT2D eigenvalue weighted by Gasteiger charge is -2.36. The Balaban J connectivity index is 1.70. The summed E-state index contributed by atoms with van der Waals surface area (Å²) in [7, 11) is -3.10. The van der Waals surface area contributed by atoms with Crippen molar-refractivity contribution >= 4 is 10.0 Å². The van der Waals surface area contributed by atoms with Crippen molar-refractivity contribution in [3.63, 3.8) is 0 Å². The molecule has 1 fully saturated rings. The molecule has 1 aromatic rings. The van der Waals surface area contributed by atoms with Crippen molar-refractivity contribution in [2.24, 2.45) is 0 Å². The number of rotatable bonds is 7. The lowest BCUT2D eigenvalue weighted by molar-refractivity contribution is 0.296. The van der Waals surface area contributed by atoms with Gasteiger partial charge < -0.3 is 5.32 Å². The Morgan fingerprint density at radius 1 is 1.30 bits per heavy atom. The molecule has 1 aromatic carbocycles. The first-order valence-corrected chi connectivity index (χ1v) is 8.92. The maximum Gasteiger partial charge on any atom is 0.212 e. The molecule has 4 nitrogen and oxygen atoms in total. The number of benzene rings is 1. The molecule has 0 aromatic heterocycles. The molecule has 0 spiro atoms. The Morgan fingerprint density at radius 2 is 2.05 bits per heavy atom. The lowest BCUT2D eigenvalue weighted by atomic mass is 9.75. The third kappa shape index (κ3) is 4.30. The quantitative estimate of drug-likeness (QED) is 0.806. The van der Waals surface area contributed by atoms with E-state index in [1.165, 1.54) is 11.1 Å². The second kappa shape index (κ2) is 6.70. The van der Waals surface area contributed by atoms with Crippen LogP contribution in [0.15, 0.2) is 24.3 Å². The molecule has 1 saturated carbocycles. The Morgan fingerprint density at radius 3 is 2.70 bits per heavy atom. The molecule has 2 N–H and O–H groups in total. The fourth-order valence-corrected chi connectivity index (χ4v) is 3.64. The van der Waals surface area contributed by atoms with Gasteiger partial charge in [0.05, 0.1) is 5.75 Å². The van der Waals surface area contributed by atoms with E-state index in [-0.39, 0.29) is 5.75 Å². The topological polar surface area (TPSA) is 58.2 Å². The molecule has 0 atom stereocenters. The van der Waals surface area contributed by atoms with Crippen molar-refractivity contribution in [1.29, 1.82) is 0 Å². The molecule has 0 amide bonds. The van der Waals surface area contributed by atoms with Crippen molar-refractivity contribution in [3.8, 4) is 0 Å². The van der Waals surface area contributed by atoms with Gasteiger partial charge in [-0.05, 0) is 31.2 Å². The third-order valence-corrected chi connectivity index (χ3v) is 5.29. The van der Waals surface area contributed by atoms with E-state index in [0.717, 1.165) is 12.8 Å². The smallest absolute Gasteiger partial charge is 0.212 e. The highest BCUT2D eigenvalue weighted by Gasteiger charge is 2.29. The summed E-state index contributed by atoms with van der Waals surface area (Å²) in [4.78, 5) is 0. The molecule has 0 saturated heterocycles. The van der Waals surface area contributed by atoms with Crippen molar-refractivity contribution in [3.05, 3.63) is 35.4 Å². The van der Waals surface area contributed by atoms with Gasteiger partial charge in [0, 0.05) is 19.1 Å². The lowest BCUT2D eigenvalue weighted by Crippen LogP contribution is -2.43. The monoisotopic (exact) mass is 296 g/mol. The Labute approximate surface area is 122 Å². The molecule has 0 aliphatic heterocycles. The molecule has 0 heterocycles. The van der Waals surface area contributed by atoms with Crippen molar-refractivity contribution in [2.75, 3.05) is 18.8 Å². The summed E-state index contributed by atoms with van der Waals surface area (Å²) in [5, 5.41) is 3.33. The predicted octanol–water partition coefficient (Wildman–Crippen LogP) is 1.77. The van der Waals surface area contributed by atoms with E-state index < -0.39 is 10.0 Å².